The monoisotopic (exact) mass is 293 g/mol. The number of rotatable bonds is 2. The molecule has 0 spiro atoms. The fourth-order valence-corrected chi connectivity index (χ4v) is 3.03. The minimum atomic E-state index is 0.576. The molecule has 5 heteroatoms. The minimum absolute atomic E-state index is 0.576. The first-order valence-electron chi connectivity index (χ1n) is 6.22. The predicted molar refractivity (Wildman–Crippen MR) is 79.1 cm³/mol. The van der Waals surface area contributed by atoms with E-state index < -0.39 is 0 Å². The van der Waals surface area contributed by atoms with Gasteiger partial charge in [-0.05, 0) is 31.4 Å². The number of anilines is 1. The first-order chi connectivity index (χ1) is 9.20. The van der Waals surface area contributed by atoms with Crippen molar-refractivity contribution in [1.29, 1.82) is 0 Å². The van der Waals surface area contributed by atoms with Crippen LogP contribution in [0.25, 0.3) is 11.4 Å². The first kappa shape index (κ1) is 12.7. The third-order valence-electron chi connectivity index (χ3n) is 3.36. The molecule has 0 unspecified atom stereocenters. The Balaban J connectivity index is 2.21. The van der Waals surface area contributed by atoms with Gasteiger partial charge in [-0.3, -0.25) is 0 Å². The molecule has 1 aliphatic carbocycles. The Hall–Kier alpha value is -1.32. The second-order valence-corrected chi connectivity index (χ2v) is 5.34. The van der Waals surface area contributed by atoms with Crippen LogP contribution in [0.2, 0.25) is 10.0 Å². The van der Waals surface area contributed by atoms with Gasteiger partial charge in [0.25, 0.3) is 0 Å². The molecule has 1 heterocycles. The zero-order chi connectivity index (χ0) is 13.4. The van der Waals surface area contributed by atoms with Gasteiger partial charge >= 0.3 is 0 Å². The molecule has 0 atom stereocenters. The van der Waals surface area contributed by atoms with Crippen LogP contribution in [-0.4, -0.2) is 17.0 Å². The van der Waals surface area contributed by atoms with Crippen LogP contribution in [0.1, 0.15) is 17.7 Å². The van der Waals surface area contributed by atoms with E-state index >= 15 is 0 Å². The maximum atomic E-state index is 6.23. The van der Waals surface area contributed by atoms with Gasteiger partial charge in [-0.2, -0.15) is 0 Å². The van der Waals surface area contributed by atoms with Crippen LogP contribution in [0.3, 0.4) is 0 Å². The van der Waals surface area contributed by atoms with Crippen molar-refractivity contribution in [1.82, 2.24) is 9.97 Å². The lowest BCUT2D eigenvalue weighted by molar-refractivity contribution is 0.900. The number of hydrogen-bond acceptors (Lipinski definition) is 3. The Kier molecular flexibility index (Phi) is 3.33. The van der Waals surface area contributed by atoms with Gasteiger partial charge in [-0.25, -0.2) is 9.97 Å². The molecule has 19 heavy (non-hydrogen) atoms. The van der Waals surface area contributed by atoms with Crippen LogP contribution in [0.4, 0.5) is 5.82 Å². The molecule has 0 saturated heterocycles. The van der Waals surface area contributed by atoms with Crippen molar-refractivity contribution in [3.8, 4) is 11.4 Å². The van der Waals surface area contributed by atoms with Crippen molar-refractivity contribution in [3.05, 3.63) is 39.5 Å². The molecule has 0 amide bonds. The van der Waals surface area contributed by atoms with E-state index in [1.54, 1.807) is 12.1 Å². The van der Waals surface area contributed by atoms with Crippen LogP contribution in [0.15, 0.2) is 18.2 Å². The summed E-state index contributed by atoms with van der Waals surface area (Å²) in [6.45, 7) is 0. The van der Waals surface area contributed by atoms with Gasteiger partial charge in [0.1, 0.15) is 5.82 Å². The Morgan fingerprint density at radius 2 is 1.84 bits per heavy atom. The third-order valence-corrected chi connectivity index (χ3v) is 3.99. The second kappa shape index (κ2) is 4.99. The lowest BCUT2D eigenvalue weighted by Gasteiger charge is -2.11. The van der Waals surface area contributed by atoms with Gasteiger partial charge in [0.05, 0.1) is 15.6 Å². The minimum Gasteiger partial charge on any atom is -0.373 e. The molecule has 1 N–H and O–H groups in total. The fourth-order valence-electron chi connectivity index (χ4n) is 2.46. The normalized spacial score (nSPS) is 13.4. The number of aryl methyl sites for hydroxylation is 1. The number of halogens is 2. The van der Waals surface area contributed by atoms with Crippen molar-refractivity contribution >= 4 is 29.0 Å². The largest absolute Gasteiger partial charge is 0.373 e. The Bertz CT molecular complexity index is 621. The SMILES string of the molecule is CNc1nc(-c2c(Cl)cccc2Cl)nc2c1CCC2. The summed E-state index contributed by atoms with van der Waals surface area (Å²) < 4.78 is 0. The van der Waals surface area contributed by atoms with E-state index in [0.717, 1.165) is 30.8 Å². The Morgan fingerprint density at radius 3 is 2.53 bits per heavy atom. The summed E-state index contributed by atoms with van der Waals surface area (Å²) in [7, 11) is 1.87. The number of nitrogens with one attached hydrogen (secondary N) is 1. The lowest BCUT2D eigenvalue weighted by Crippen LogP contribution is -2.03. The van der Waals surface area contributed by atoms with E-state index in [4.69, 9.17) is 23.2 Å². The summed E-state index contributed by atoms with van der Waals surface area (Å²) in [5.74, 6) is 1.48. The zero-order valence-electron chi connectivity index (χ0n) is 10.5. The van der Waals surface area contributed by atoms with Crippen molar-refractivity contribution in [3.63, 3.8) is 0 Å². The highest BCUT2D eigenvalue weighted by Gasteiger charge is 2.21. The second-order valence-electron chi connectivity index (χ2n) is 4.52. The third kappa shape index (κ3) is 2.17. The molecule has 3 rings (SSSR count). The Morgan fingerprint density at radius 1 is 1.11 bits per heavy atom. The van der Waals surface area contributed by atoms with Gasteiger partial charge in [0.15, 0.2) is 5.82 Å². The van der Waals surface area contributed by atoms with Gasteiger partial charge in [0.2, 0.25) is 0 Å². The molecule has 98 valence electrons. The number of aromatic nitrogens is 2. The molecule has 1 aromatic carbocycles. The van der Waals surface area contributed by atoms with E-state index in [1.807, 2.05) is 13.1 Å². The summed E-state index contributed by atoms with van der Waals surface area (Å²) in [5, 5.41) is 4.29. The number of hydrogen-bond donors (Lipinski definition) is 1. The molecule has 0 radical (unpaired) electrons. The van der Waals surface area contributed by atoms with Gasteiger partial charge < -0.3 is 5.32 Å². The maximum absolute atomic E-state index is 6.23. The molecule has 0 fully saturated rings. The number of benzene rings is 1. The standard InChI is InChI=1S/C14H13Cl2N3/c1-17-13-8-4-2-7-11(8)18-14(19-13)12-9(15)5-3-6-10(12)16/h3,5-6H,2,4,7H2,1H3,(H,17,18,19). The van der Waals surface area contributed by atoms with Crippen LogP contribution in [0.5, 0.6) is 0 Å². The van der Waals surface area contributed by atoms with Crippen LogP contribution >= 0.6 is 23.2 Å². The van der Waals surface area contributed by atoms with Gasteiger partial charge in [0, 0.05) is 18.3 Å². The zero-order valence-corrected chi connectivity index (χ0v) is 12.0. The molecular weight excluding hydrogens is 281 g/mol. The average Bonchev–Trinajstić information content (AvgIpc) is 2.85. The van der Waals surface area contributed by atoms with Crippen LogP contribution in [-0.2, 0) is 12.8 Å². The molecule has 0 aliphatic heterocycles. The Labute approximate surface area is 122 Å². The smallest absolute Gasteiger partial charge is 0.164 e. The summed E-state index contributed by atoms with van der Waals surface area (Å²) in [6, 6.07) is 5.43. The van der Waals surface area contributed by atoms with Crippen LogP contribution < -0.4 is 5.32 Å². The predicted octanol–water partition coefficient (Wildman–Crippen LogP) is 3.98. The van der Waals surface area contributed by atoms with E-state index in [9.17, 15) is 0 Å². The topological polar surface area (TPSA) is 37.8 Å². The summed E-state index contributed by atoms with van der Waals surface area (Å²) >= 11 is 12.5. The molecule has 3 nitrogen and oxygen atoms in total. The lowest BCUT2D eigenvalue weighted by atomic mass is 10.2. The molecule has 0 bridgehead atoms. The van der Waals surface area contributed by atoms with Crippen molar-refractivity contribution in [2.24, 2.45) is 0 Å². The van der Waals surface area contributed by atoms with E-state index in [2.05, 4.69) is 15.3 Å². The summed E-state index contributed by atoms with van der Waals surface area (Å²) in [4.78, 5) is 9.20. The molecule has 1 aliphatic rings. The molecule has 0 saturated carbocycles. The van der Waals surface area contributed by atoms with E-state index in [-0.39, 0.29) is 0 Å². The fraction of sp³-hybridized carbons (Fsp3) is 0.286. The first-order valence-corrected chi connectivity index (χ1v) is 6.98. The average molecular weight is 294 g/mol. The molecular formula is C14H13Cl2N3. The number of nitrogens with zero attached hydrogens (tertiary/aromatic N) is 2. The molecule has 1 aromatic heterocycles. The van der Waals surface area contributed by atoms with Gasteiger partial charge in [-0.15, -0.1) is 0 Å². The maximum Gasteiger partial charge on any atom is 0.164 e. The highest BCUT2D eigenvalue weighted by Crippen LogP contribution is 2.35. The van der Waals surface area contributed by atoms with Crippen molar-refractivity contribution in [2.75, 3.05) is 12.4 Å². The number of fused-ring (bicyclic) bond motifs is 1. The van der Waals surface area contributed by atoms with Gasteiger partial charge in [-0.1, -0.05) is 29.3 Å². The molecule has 2 aromatic rings. The highest BCUT2D eigenvalue weighted by molar-refractivity contribution is 6.38. The van der Waals surface area contributed by atoms with Crippen LogP contribution in [0, 0.1) is 0 Å². The highest BCUT2D eigenvalue weighted by atomic mass is 35.5. The quantitative estimate of drug-likeness (QED) is 0.910. The van der Waals surface area contributed by atoms with E-state index in [1.165, 1.54) is 5.56 Å². The van der Waals surface area contributed by atoms with E-state index in [0.29, 0.717) is 21.4 Å². The van der Waals surface area contributed by atoms with Crippen molar-refractivity contribution in [2.45, 2.75) is 19.3 Å². The van der Waals surface area contributed by atoms with Crippen molar-refractivity contribution < 1.29 is 0 Å². The summed E-state index contributed by atoms with van der Waals surface area (Å²) in [5.41, 5.74) is 3.02. The summed E-state index contributed by atoms with van der Waals surface area (Å²) in [6.07, 6.45) is 3.14.